The number of hydrogen-bond donors (Lipinski definition) is 2. The third-order valence-corrected chi connectivity index (χ3v) is 5.14. The quantitative estimate of drug-likeness (QED) is 0.902. The predicted molar refractivity (Wildman–Crippen MR) is 87.8 cm³/mol. The van der Waals surface area contributed by atoms with Crippen molar-refractivity contribution < 1.29 is 9.53 Å². The Morgan fingerprint density at radius 2 is 2.12 bits per heavy atom. The Morgan fingerprint density at radius 1 is 1.25 bits per heavy atom. The van der Waals surface area contributed by atoms with E-state index in [4.69, 9.17) is 4.74 Å². The lowest BCUT2D eigenvalue weighted by Crippen LogP contribution is -2.39. The van der Waals surface area contributed by atoms with Crippen molar-refractivity contribution in [3.8, 4) is 0 Å². The van der Waals surface area contributed by atoms with Crippen molar-refractivity contribution in [3.05, 3.63) is 35.7 Å². The number of H-pyrrole nitrogens is 2. The summed E-state index contributed by atoms with van der Waals surface area (Å²) < 4.78 is 5.43. The molecule has 0 bridgehead atoms. The Labute approximate surface area is 140 Å². The van der Waals surface area contributed by atoms with E-state index in [1.165, 1.54) is 0 Å². The number of carbonyl (C=O) groups is 1. The molecule has 2 saturated heterocycles. The maximum Gasteiger partial charge on any atom is 0.257 e. The van der Waals surface area contributed by atoms with Crippen LogP contribution in [0.3, 0.4) is 0 Å². The van der Waals surface area contributed by atoms with Crippen molar-refractivity contribution in [3.63, 3.8) is 0 Å². The Bertz CT molecular complexity index is 675. The van der Waals surface area contributed by atoms with Crippen LogP contribution in [0, 0.1) is 0 Å². The highest BCUT2D eigenvalue weighted by atomic mass is 16.5. The van der Waals surface area contributed by atoms with E-state index in [0.29, 0.717) is 12.5 Å². The van der Waals surface area contributed by atoms with Crippen molar-refractivity contribution in [2.24, 2.45) is 0 Å². The van der Waals surface area contributed by atoms with E-state index in [2.05, 4.69) is 20.2 Å². The minimum atomic E-state index is 0.0847. The number of imidazole rings is 1. The molecule has 24 heavy (non-hydrogen) atoms. The van der Waals surface area contributed by atoms with Crippen LogP contribution in [0.25, 0.3) is 0 Å². The fourth-order valence-corrected chi connectivity index (χ4v) is 3.82. The fourth-order valence-electron chi connectivity index (χ4n) is 3.82. The molecule has 0 spiro atoms. The van der Waals surface area contributed by atoms with Gasteiger partial charge >= 0.3 is 0 Å². The number of piperidine rings is 1. The van der Waals surface area contributed by atoms with Gasteiger partial charge in [-0.1, -0.05) is 0 Å². The fraction of sp³-hybridized carbons (Fsp3) is 0.588. The van der Waals surface area contributed by atoms with Gasteiger partial charge in [0, 0.05) is 50.5 Å². The molecule has 4 rings (SSSR count). The first kappa shape index (κ1) is 15.4. The number of hydrogen-bond acceptors (Lipinski definition) is 4. The Balaban J connectivity index is 1.50. The highest BCUT2D eigenvalue weighted by molar-refractivity contribution is 5.95. The Morgan fingerprint density at radius 3 is 2.92 bits per heavy atom. The average Bonchev–Trinajstić information content (AvgIpc) is 3.34. The molecule has 2 aromatic heterocycles. The van der Waals surface area contributed by atoms with Crippen molar-refractivity contribution in [2.75, 3.05) is 26.3 Å². The summed E-state index contributed by atoms with van der Waals surface area (Å²) in [6.45, 7) is 3.02. The van der Waals surface area contributed by atoms with Crippen LogP contribution in [0.4, 0.5) is 0 Å². The van der Waals surface area contributed by atoms with E-state index < -0.39 is 0 Å². The van der Waals surface area contributed by atoms with Crippen LogP contribution in [0.2, 0.25) is 0 Å². The molecule has 0 radical (unpaired) electrons. The van der Waals surface area contributed by atoms with E-state index in [9.17, 15) is 4.79 Å². The molecule has 7 heteroatoms. The van der Waals surface area contributed by atoms with Crippen LogP contribution in [0.5, 0.6) is 0 Å². The first-order valence-corrected chi connectivity index (χ1v) is 8.72. The van der Waals surface area contributed by atoms with Crippen LogP contribution < -0.4 is 0 Å². The SMILES string of the molecule is O=C(c1cn[nH]c1C1CCOCC1)N1CCCC(c2ncc[nH]2)C1. The molecule has 1 amide bonds. The number of aromatic amines is 2. The molecular weight excluding hydrogens is 306 g/mol. The smallest absolute Gasteiger partial charge is 0.257 e. The minimum Gasteiger partial charge on any atom is -0.381 e. The maximum absolute atomic E-state index is 13.0. The molecule has 2 N–H and O–H groups in total. The summed E-state index contributed by atoms with van der Waals surface area (Å²) in [5, 5.41) is 7.21. The van der Waals surface area contributed by atoms with Crippen LogP contribution in [0.15, 0.2) is 18.6 Å². The van der Waals surface area contributed by atoms with E-state index >= 15 is 0 Å². The Kier molecular flexibility index (Phi) is 4.34. The lowest BCUT2D eigenvalue weighted by molar-refractivity contribution is 0.0693. The zero-order valence-corrected chi connectivity index (χ0v) is 13.7. The molecule has 4 heterocycles. The molecular formula is C17H23N5O2. The number of nitrogens with zero attached hydrogens (tertiary/aromatic N) is 3. The van der Waals surface area contributed by atoms with Crippen LogP contribution in [0.1, 0.15) is 59.4 Å². The summed E-state index contributed by atoms with van der Waals surface area (Å²) >= 11 is 0. The molecule has 128 valence electrons. The second-order valence-corrected chi connectivity index (χ2v) is 6.65. The predicted octanol–water partition coefficient (Wildman–Crippen LogP) is 2.05. The number of ether oxygens (including phenoxy) is 1. The van der Waals surface area contributed by atoms with Crippen LogP contribution >= 0.6 is 0 Å². The second-order valence-electron chi connectivity index (χ2n) is 6.65. The first-order valence-electron chi connectivity index (χ1n) is 8.72. The van der Waals surface area contributed by atoms with Gasteiger partial charge in [0.05, 0.1) is 17.5 Å². The highest BCUT2D eigenvalue weighted by Gasteiger charge is 2.30. The number of carbonyl (C=O) groups excluding carboxylic acids is 1. The second kappa shape index (κ2) is 6.76. The number of aromatic nitrogens is 4. The molecule has 7 nitrogen and oxygen atoms in total. The average molecular weight is 329 g/mol. The summed E-state index contributed by atoms with van der Waals surface area (Å²) in [7, 11) is 0. The number of amides is 1. The maximum atomic E-state index is 13.0. The summed E-state index contributed by atoms with van der Waals surface area (Å²) in [6, 6.07) is 0. The van der Waals surface area contributed by atoms with Crippen LogP contribution in [-0.2, 0) is 4.74 Å². The van der Waals surface area contributed by atoms with E-state index in [0.717, 1.165) is 62.5 Å². The normalized spacial score (nSPS) is 22.7. The van der Waals surface area contributed by atoms with E-state index in [1.54, 1.807) is 12.4 Å². The molecule has 2 fully saturated rings. The van der Waals surface area contributed by atoms with Gasteiger partial charge in [-0.05, 0) is 25.7 Å². The van der Waals surface area contributed by atoms with E-state index in [1.807, 2.05) is 11.1 Å². The van der Waals surface area contributed by atoms with Gasteiger partial charge in [-0.2, -0.15) is 5.10 Å². The zero-order chi connectivity index (χ0) is 16.4. The number of rotatable bonds is 3. The van der Waals surface area contributed by atoms with Gasteiger partial charge in [-0.3, -0.25) is 9.89 Å². The summed E-state index contributed by atoms with van der Waals surface area (Å²) in [5.74, 6) is 1.69. The third-order valence-electron chi connectivity index (χ3n) is 5.14. The number of likely N-dealkylation sites (tertiary alicyclic amines) is 1. The zero-order valence-electron chi connectivity index (χ0n) is 13.7. The standard InChI is InChI=1S/C17H23N5O2/c23-17(14-10-20-21-15(14)12-3-8-24-9-4-12)22-7-1-2-13(11-22)16-18-5-6-19-16/h5-6,10,12-13H,1-4,7-9,11H2,(H,18,19)(H,20,21). The minimum absolute atomic E-state index is 0.0847. The Hall–Kier alpha value is -2.15. The van der Waals surface area contributed by atoms with Gasteiger partial charge in [-0.15, -0.1) is 0 Å². The third kappa shape index (κ3) is 2.96. The van der Waals surface area contributed by atoms with Gasteiger partial charge in [0.25, 0.3) is 5.91 Å². The summed E-state index contributed by atoms with van der Waals surface area (Å²) in [5.41, 5.74) is 1.70. The summed E-state index contributed by atoms with van der Waals surface area (Å²) in [4.78, 5) is 22.5. The van der Waals surface area contributed by atoms with Crippen LogP contribution in [-0.4, -0.2) is 57.3 Å². The molecule has 0 aliphatic carbocycles. The lowest BCUT2D eigenvalue weighted by atomic mass is 9.92. The topological polar surface area (TPSA) is 86.9 Å². The lowest BCUT2D eigenvalue weighted by Gasteiger charge is -2.32. The van der Waals surface area contributed by atoms with Gasteiger partial charge < -0.3 is 14.6 Å². The van der Waals surface area contributed by atoms with Gasteiger partial charge in [0.2, 0.25) is 0 Å². The summed E-state index contributed by atoms with van der Waals surface area (Å²) in [6.07, 6.45) is 9.25. The van der Waals surface area contributed by atoms with Crippen molar-refractivity contribution in [1.29, 1.82) is 0 Å². The van der Waals surface area contributed by atoms with Crippen molar-refractivity contribution >= 4 is 5.91 Å². The molecule has 1 unspecified atom stereocenters. The molecule has 2 aromatic rings. The largest absolute Gasteiger partial charge is 0.381 e. The van der Waals surface area contributed by atoms with Crippen molar-refractivity contribution in [2.45, 2.75) is 37.5 Å². The molecule has 2 aliphatic heterocycles. The highest BCUT2D eigenvalue weighted by Crippen LogP contribution is 2.30. The van der Waals surface area contributed by atoms with E-state index in [-0.39, 0.29) is 11.8 Å². The molecule has 0 saturated carbocycles. The van der Waals surface area contributed by atoms with Crippen molar-refractivity contribution in [1.82, 2.24) is 25.1 Å². The molecule has 0 aromatic carbocycles. The van der Waals surface area contributed by atoms with Gasteiger partial charge in [0.1, 0.15) is 5.82 Å². The molecule has 1 atom stereocenters. The number of nitrogens with one attached hydrogen (secondary N) is 2. The first-order chi connectivity index (χ1) is 11.8. The monoisotopic (exact) mass is 329 g/mol. The van der Waals surface area contributed by atoms with Gasteiger partial charge in [0.15, 0.2) is 0 Å². The van der Waals surface area contributed by atoms with Gasteiger partial charge in [-0.25, -0.2) is 4.98 Å². The molecule has 2 aliphatic rings.